The molecule has 26 heavy (non-hydrogen) atoms. The van der Waals surface area contributed by atoms with Gasteiger partial charge in [0.05, 0.1) is 18.2 Å². The Morgan fingerprint density at radius 1 is 1.00 bits per heavy atom. The number of amides is 2. The van der Waals surface area contributed by atoms with Gasteiger partial charge in [-0.25, -0.2) is 0 Å². The van der Waals surface area contributed by atoms with Gasteiger partial charge in [0.2, 0.25) is 11.8 Å². The maximum Gasteiger partial charge on any atom is 0.242 e. The molecule has 6 nitrogen and oxygen atoms in total. The Morgan fingerprint density at radius 3 is 2.42 bits per heavy atom. The van der Waals surface area contributed by atoms with Gasteiger partial charge in [-0.1, -0.05) is 18.6 Å². The fourth-order valence-electron chi connectivity index (χ4n) is 3.57. The van der Waals surface area contributed by atoms with E-state index < -0.39 is 0 Å². The molecular formula is C20H26N4O2. The van der Waals surface area contributed by atoms with E-state index in [1.165, 1.54) is 5.56 Å². The van der Waals surface area contributed by atoms with E-state index in [2.05, 4.69) is 11.0 Å². The average molecular weight is 354 g/mol. The van der Waals surface area contributed by atoms with Crippen molar-refractivity contribution >= 4 is 11.8 Å². The van der Waals surface area contributed by atoms with E-state index in [1.54, 1.807) is 4.90 Å². The van der Waals surface area contributed by atoms with E-state index in [4.69, 9.17) is 5.26 Å². The third-order valence-corrected chi connectivity index (χ3v) is 5.21. The molecule has 2 fully saturated rings. The lowest BCUT2D eigenvalue weighted by atomic mass is 10.1. The van der Waals surface area contributed by atoms with Crippen molar-refractivity contribution < 1.29 is 9.59 Å². The molecule has 138 valence electrons. The summed E-state index contributed by atoms with van der Waals surface area (Å²) >= 11 is 0. The number of rotatable bonds is 4. The second-order valence-electron chi connectivity index (χ2n) is 7.09. The highest BCUT2D eigenvalue weighted by Crippen LogP contribution is 2.13. The minimum absolute atomic E-state index is 0.0678. The van der Waals surface area contributed by atoms with Crippen molar-refractivity contribution in [1.82, 2.24) is 14.7 Å². The fraction of sp³-hybridized carbons (Fsp3) is 0.550. The van der Waals surface area contributed by atoms with Crippen LogP contribution in [-0.4, -0.2) is 65.8 Å². The number of piperazine rings is 1. The summed E-state index contributed by atoms with van der Waals surface area (Å²) < 4.78 is 0. The van der Waals surface area contributed by atoms with Gasteiger partial charge in [0.15, 0.2) is 0 Å². The first-order valence-corrected chi connectivity index (χ1v) is 9.42. The summed E-state index contributed by atoms with van der Waals surface area (Å²) in [5, 5.41) is 8.86. The van der Waals surface area contributed by atoms with Crippen LogP contribution < -0.4 is 0 Å². The van der Waals surface area contributed by atoms with Crippen LogP contribution >= 0.6 is 0 Å². The molecule has 0 unspecified atom stereocenters. The van der Waals surface area contributed by atoms with E-state index in [1.807, 2.05) is 29.2 Å². The topological polar surface area (TPSA) is 67.7 Å². The Morgan fingerprint density at radius 2 is 1.73 bits per heavy atom. The van der Waals surface area contributed by atoms with Crippen LogP contribution in [0.5, 0.6) is 0 Å². The lowest BCUT2D eigenvalue weighted by Gasteiger charge is -2.35. The second-order valence-corrected chi connectivity index (χ2v) is 7.09. The van der Waals surface area contributed by atoms with Gasteiger partial charge >= 0.3 is 0 Å². The van der Waals surface area contributed by atoms with Crippen molar-refractivity contribution in [3.63, 3.8) is 0 Å². The first-order valence-electron chi connectivity index (χ1n) is 9.42. The highest BCUT2D eigenvalue weighted by molar-refractivity contribution is 5.85. The summed E-state index contributed by atoms with van der Waals surface area (Å²) in [6, 6.07) is 9.79. The summed E-state index contributed by atoms with van der Waals surface area (Å²) in [6.45, 7) is 4.85. The number of nitriles is 1. The molecule has 0 saturated carbocycles. The molecule has 2 saturated heterocycles. The van der Waals surface area contributed by atoms with Gasteiger partial charge in [0.1, 0.15) is 0 Å². The van der Waals surface area contributed by atoms with Gasteiger partial charge in [-0.05, 0) is 30.5 Å². The molecule has 1 aromatic carbocycles. The van der Waals surface area contributed by atoms with Crippen molar-refractivity contribution in [2.45, 2.75) is 32.2 Å². The van der Waals surface area contributed by atoms with Crippen LogP contribution in [0, 0.1) is 11.3 Å². The van der Waals surface area contributed by atoms with Gasteiger partial charge < -0.3 is 9.80 Å². The Bertz CT molecular complexity index is 672. The summed E-state index contributed by atoms with van der Waals surface area (Å²) in [5.41, 5.74) is 1.85. The molecule has 0 spiro atoms. The number of hydrogen-bond acceptors (Lipinski definition) is 4. The summed E-state index contributed by atoms with van der Waals surface area (Å²) in [7, 11) is 0. The van der Waals surface area contributed by atoms with E-state index in [-0.39, 0.29) is 18.4 Å². The monoisotopic (exact) mass is 354 g/mol. The second kappa shape index (κ2) is 8.81. The normalized spacial score (nSPS) is 19.1. The first kappa shape index (κ1) is 18.4. The number of likely N-dealkylation sites (tertiary alicyclic amines) is 1. The molecule has 3 rings (SSSR count). The fourth-order valence-corrected chi connectivity index (χ4v) is 3.57. The molecule has 0 aliphatic carbocycles. The molecule has 0 radical (unpaired) electrons. The molecule has 2 heterocycles. The van der Waals surface area contributed by atoms with Gasteiger partial charge in [-0.2, -0.15) is 5.26 Å². The maximum atomic E-state index is 12.5. The molecule has 0 atom stereocenters. The predicted molar refractivity (Wildman–Crippen MR) is 98.1 cm³/mol. The highest BCUT2D eigenvalue weighted by Gasteiger charge is 2.25. The van der Waals surface area contributed by atoms with Crippen LogP contribution in [0.2, 0.25) is 0 Å². The summed E-state index contributed by atoms with van der Waals surface area (Å²) in [4.78, 5) is 30.5. The Kier molecular flexibility index (Phi) is 6.24. The number of carbonyl (C=O) groups is 2. The van der Waals surface area contributed by atoms with Gasteiger partial charge in [0.25, 0.3) is 0 Å². The van der Waals surface area contributed by atoms with Gasteiger partial charge in [0, 0.05) is 45.7 Å². The Balaban J connectivity index is 1.45. The third kappa shape index (κ3) is 4.83. The molecular weight excluding hydrogens is 328 g/mol. The molecule has 2 aliphatic rings. The standard InChI is InChI=1S/C20H26N4O2/c21-14-17-5-7-18(8-6-17)15-22-10-12-23(13-11-22)20(26)16-24-9-3-1-2-4-19(24)25/h5-8H,1-4,9-13,15-16H2. The SMILES string of the molecule is N#Cc1ccc(CN2CCN(C(=O)CN3CCCCCC3=O)CC2)cc1. The van der Waals surface area contributed by atoms with E-state index in [0.29, 0.717) is 31.6 Å². The van der Waals surface area contributed by atoms with Crippen molar-refractivity contribution in [2.75, 3.05) is 39.3 Å². The first-order chi connectivity index (χ1) is 12.7. The molecule has 1 aromatic rings. The van der Waals surface area contributed by atoms with Crippen LogP contribution in [0.3, 0.4) is 0 Å². The van der Waals surface area contributed by atoms with Crippen LogP contribution in [0.4, 0.5) is 0 Å². The summed E-state index contributed by atoms with van der Waals surface area (Å²) in [5.74, 6) is 0.188. The zero-order chi connectivity index (χ0) is 18.4. The lowest BCUT2D eigenvalue weighted by Crippen LogP contribution is -2.51. The van der Waals surface area contributed by atoms with E-state index in [9.17, 15) is 9.59 Å². The molecule has 0 N–H and O–H groups in total. The Labute approximate surface area is 155 Å². The predicted octanol–water partition coefficient (Wildman–Crippen LogP) is 1.61. The van der Waals surface area contributed by atoms with Crippen LogP contribution in [0.15, 0.2) is 24.3 Å². The number of hydrogen-bond donors (Lipinski definition) is 0. The lowest BCUT2D eigenvalue weighted by molar-refractivity contribution is -0.141. The van der Waals surface area contributed by atoms with Crippen LogP contribution in [0.1, 0.15) is 36.8 Å². The zero-order valence-electron chi connectivity index (χ0n) is 15.2. The molecule has 6 heteroatoms. The van der Waals surface area contributed by atoms with E-state index in [0.717, 1.165) is 38.9 Å². The third-order valence-electron chi connectivity index (χ3n) is 5.21. The zero-order valence-corrected chi connectivity index (χ0v) is 15.2. The van der Waals surface area contributed by atoms with Crippen molar-refractivity contribution in [2.24, 2.45) is 0 Å². The van der Waals surface area contributed by atoms with Crippen molar-refractivity contribution in [3.8, 4) is 6.07 Å². The quantitative estimate of drug-likeness (QED) is 0.824. The molecule has 2 aliphatic heterocycles. The van der Waals surface area contributed by atoms with Crippen molar-refractivity contribution in [3.05, 3.63) is 35.4 Å². The molecule has 0 aromatic heterocycles. The molecule has 2 amide bonds. The summed E-state index contributed by atoms with van der Waals surface area (Å²) in [6.07, 6.45) is 3.59. The van der Waals surface area contributed by atoms with Crippen LogP contribution in [0.25, 0.3) is 0 Å². The van der Waals surface area contributed by atoms with Crippen LogP contribution in [-0.2, 0) is 16.1 Å². The number of carbonyl (C=O) groups excluding carboxylic acids is 2. The molecule has 0 bridgehead atoms. The smallest absolute Gasteiger partial charge is 0.242 e. The minimum atomic E-state index is 0.0678. The average Bonchev–Trinajstić information content (AvgIpc) is 2.87. The van der Waals surface area contributed by atoms with Gasteiger partial charge in [-0.15, -0.1) is 0 Å². The van der Waals surface area contributed by atoms with Crippen molar-refractivity contribution in [1.29, 1.82) is 5.26 Å². The minimum Gasteiger partial charge on any atom is -0.339 e. The Hall–Kier alpha value is -2.39. The van der Waals surface area contributed by atoms with Gasteiger partial charge in [-0.3, -0.25) is 14.5 Å². The van der Waals surface area contributed by atoms with E-state index >= 15 is 0 Å². The number of nitrogens with zero attached hydrogens (tertiary/aromatic N) is 4. The largest absolute Gasteiger partial charge is 0.339 e. The highest BCUT2D eigenvalue weighted by atomic mass is 16.2. The number of benzene rings is 1. The maximum absolute atomic E-state index is 12.5.